The number of rotatable bonds is 9. The standard InChI is InChI=1S/C31H26ClN3O6/c1-39-23-13-8-20(9-14-23)31(21-10-15-24(40-2)16-11-21)29(37)35(30(38)34-31)19-28(36)33-26-18-22(32)12-17-27(26)41-25-6-4-3-5-7-25/h3-18H,19H2,1-2H3,(H,33,36)(H,34,38). The lowest BCUT2D eigenvalue weighted by Crippen LogP contribution is -2.45. The quantitative estimate of drug-likeness (QED) is 0.254. The van der Waals surface area contributed by atoms with E-state index in [1.54, 1.807) is 72.8 Å². The van der Waals surface area contributed by atoms with Gasteiger partial charge in [0.05, 0.1) is 19.9 Å². The Hall–Kier alpha value is -5.02. The van der Waals surface area contributed by atoms with Crippen LogP contribution in [0.1, 0.15) is 11.1 Å². The molecule has 0 spiro atoms. The molecule has 1 heterocycles. The second-order valence-electron chi connectivity index (χ2n) is 9.13. The van der Waals surface area contributed by atoms with Crippen LogP contribution in [0.3, 0.4) is 0 Å². The molecular formula is C31H26ClN3O6. The van der Waals surface area contributed by atoms with Crippen molar-refractivity contribution in [3.8, 4) is 23.0 Å². The van der Waals surface area contributed by atoms with Crippen molar-refractivity contribution < 1.29 is 28.6 Å². The topological polar surface area (TPSA) is 106 Å². The minimum atomic E-state index is -1.58. The molecule has 4 amide bonds. The van der Waals surface area contributed by atoms with E-state index in [4.69, 9.17) is 25.8 Å². The average Bonchev–Trinajstić information content (AvgIpc) is 3.24. The van der Waals surface area contributed by atoms with Crippen molar-refractivity contribution >= 4 is 35.1 Å². The Morgan fingerprint density at radius 3 is 1.98 bits per heavy atom. The van der Waals surface area contributed by atoms with Gasteiger partial charge in [-0.1, -0.05) is 54.1 Å². The largest absolute Gasteiger partial charge is 0.497 e. The number of hydrogen-bond donors (Lipinski definition) is 2. The molecule has 1 fully saturated rings. The van der Waals surface area contributed by atoms with Crippen LogP contribution in [0, 0.1) is 0 Å². The highest BCUT2D eigenvalue weighted by Gasteiger charge is 2.54. The van der Waals surface area contributed by atoms with Gasteiger partial charge in [-0.25, -0.2) is 4.79 Å². The number of amides is 4. The molecule has 0 atom stereocenters. The third kappa shape index (κ3) is 5.53. The first-order valence-corrected chi connectivity index (χ1v) is 13.0. The van der Waals surface area contributed by atoms with Gasteiger partial charge in [0.15, 0.2) is 11.3 Å². The third-order valence-electron chi connectivity index (χ3n) is 6.64. The zero-order valence-electron chi connectivity index (χ0n) is 22.2. The number of carbonyl (C=O) groups excluding carboxylic acids is 3. The third-order valence-corrected chi connectivity index (χ3v) is 6.88. The number of hydrogen-bond acceptors (Lipinski definition) is 6. The molecule has 9 nitrogen and oxygen atoms in total. The molecule has 0 bridgehead atoms. The molecule has 1 saturated heterocycles. The van der Waals surface area contributed by atoms with Gasteiger partial charge in [-0.2, -0.15) is 0 Å². The highest BCUT2D eigenvalue weighted by atomic mass is 35.5. The molecule has 0 aliphatic carbocycles. The molecule has 0 saturated carbocycles. The zero-order chi connectivity index (χ0) is 29.0. The molecule has 1 aliphatic rings. The summed E-state index contributed by atoms with van der Waals surface area (Å²) in [5.74, 6) is 0.845. The summed E-state index contributed by atoms with van der Waals surface area (Å²) >= 11 is 6.18. The fraction of sp³-hybridized carbons (Fsp3) is 0.129. The van der Waals surface area contributed by atoms with Crippen molar-refractivity contribution in [1.29, 1.82) is 0 Å². The number of para-hydroxylation sites is 1. The van der Waals surface area contributed by atoms with Gasteiger partial charge in [0.1, 0.15) is 23.8 Å². The molecule has 5 rings (SSSR count). The highest BCUT2D eigenvalue weighted by molar-refractivity contribution is 6.31. The van der Waals surface area contributed by atoms with Gasteiger partial charge >= 0.3 is 6.03 Å². The number of urea groups is 1. The normalized spacial score (nSPS) is 13.9. The number of nitrogens with one attached hydrogen (secondary N) is 2. The van der Waals surface area contributed by atoms with Crippen molar-refractivity contribution in [1.82, 2.24) is 10.2 Å². The Bertz CT molecular complexity index is 1530. The van der Waals surface area contributed by atoms with Crippen molar-refractivity contribution in [3.63, 3.8) is 0 Å². The van der Waals surface area contributed by atoms with Crippen LogP contribution in [0.5, 0.6) is 23.0 Å². The summed E-state index contributed by atoms with van der Waals surface area (Å²) in [6.45, 7) is -0.546. The van der Waals surface area contributed by atoms with Gasteiger partial charge in [-0.05, 0) is 65.7 Å². The second kappa shape index (κ2) is 11.6. The molecule has 2 N–H and O–H groups in total. The van der Waals surface area contributed by atoms with E-state index in [2.05, 4.69) is 10.6 Å². The first-order chi connectivity index (χ1) is 19.8. The van der Waals surface area contributed by atoms with Gasteiger partial charge < -0.3 is 24.8 Å². The number of methoxy groups -OCH3 is 2. The predicted molar refractivity (Wildman–Crippen MR) is 154 cm³/mol. The van der Waals surface area contributed by atoms with Crippen LogP contribution >= 0.6 is 11.6 Å². The molecule has 4 aromatic carbocycles. The molecule has 1 aliphatic heterocycles. The van der Waals surface area contributed by atoms with E-state index < -0.39 is 29.9 Å². The molecule has 10 heteroatoms. The maximum Gasteiger partial charge on any atom is 0.326 e. The lowest BCUT2D eigenvalue weighted by Gasteiger charge is -2.28. The van der Waals surface area contributed by atoms with E-state index in [9.17, 15) is 14.4 Å². The fourth-order valence-corrected chi connectivity index (χ4v) is 4.77. The average molecular weight is 572 g/mol. The Morgan fingerprint density at radius 2 is 1.41 bits per heavy atom. The summed E-state index contributed by atoms with van der Waals surface area (Å²) < 4.78 is 16.4. The van der Waals surface area contributed by atoms with Crippen molar-refractivity contribution in [2.24, 2.45) is 0 Å². The summed E-state index contributed by atoms with van der Waals surface area (Å²) in [7, 11) is 3.07. The molecule has 0 radical (unpaired) electrons. The van der Waals surface area contributed by atoms with Crippen LogP contribution in [0.2, 0.25) is 5.02 Å². The Kier molecular flexibility index (Phi) is 7.80. The maximum absolute atomic E-state index is 14.1. The number of carbonyl (C=O) groups is 3. The van der Waals surface area contributed by atoms with Crippen LogP contribution in [0.15, 0.2) is 97.1 Å². The van der Waals surface area contributed by atoms with E-state index >= 15 is 0 Å². The first-order valence-electron chi connectivity index (χ1n) is 12.6. The molecule has 41 heavy (non-hydrogen) atoms. The van der Waals surface area contributed by atoms with Gasteiger partial charge in [-0.3, -0.25) is 14.5 Å². The SMILES string of the molecule is COc1ccc(C2(c3ccc(OC)cc3)NC(=O)N(CC(=O)Nc3cc(Cl)ccc3Oc3ccccc3)C2=O)cc1. The van der Waals surface area contributed by atoms with Gasteiger partial charge in [0, 0.05) is 5.02 Å². The smallest absolute Gasteiger partial charge is 0.326 e. The lowest BCUT2D eigenvalue weighted by atomic mass is 9.82. The molecular weight excluding hydrogens is 546 g/mol. The molecule has 4 aromatic rings. The second-order valence-corrected chi connectivity index (χ2v) is 9.57. The number of imide groups is 1. The first kappa shape index (κ1) is 27.5. The van der Waals surface area contributed by atoms with Crippen LogP contribution in [-0.4, -0.2) is 43.5 Å². The van der Waals surface area contributed by atoms with Gasteiger partial charge in [0.2, 0.25) is 5.91 Å². The minimum absolute atomic E-state index is 0.287. The van der Waals surface area contributed by atoms with Crippen molar-refractivity contribution in [2.75, 3.05) is 26.1 Å². The summed E-state index contributed by atoms with van der Waals surface area (Å²) in [5.41, 5.74) is -0.292. The van der Waals surface area contributed by atoms with Crippen molar-refractivity contribution in [2.45, 2.75) is 5.54 Å². The maximum atomic E-state index is 14.1. The molecule has 0 aromatic heterocycles. The number of anilines is 1. The van der Waals surface area contributed by atoms with Crippen molar-refractivity contribution in [3.05, 3.63) is 113 Å². The van der Waals surface area contributed by atoms with E-state index in [1.807, 2.05) is 18.2 Å². The van der Waals surface area contributed by atoms with E-state index in [0.29, 0.717) is 39.1 Å². The van der Waals surface area contributed by atoms with Crippen LogP contribution in [-0.2, 0) is 15.1 Å². The summed E-state index contributed by atoms with van der Waals surface area (Å²) in [6.07, 6.45) is 0. The fourth-order valence-electron chi connectivity index (χ4n) is 4.60. The monoisotopic (exact) mass is 571 g/mol. The van der Waals surface area contributed by atoms with E-state index in [-0.39, 0.29) is 5.69 Å². The number of halogens is 1. The number of nitrogens with zero attached hydrogens (tertiary/aromatic N) is 1. The lowest BCUT2D eigenvalue weighted by molar-refractivity contribution is -0.133. The molecule has 208 valence electrons. The highest BCUT2D eigenvalue weighted by Crippen LogP contribution is 2.38. The number of benzene rings is 4. The molecule has 0 unspecified atom stereocenters. The Balaban J connectivity index is 1.43. The van der Waals surface area contributed by atoms with Gasteiger partial charge in [-0.15, -0.1) is 0 Å². The predicted octanol–water partition coefficient (Wildman–Crippen LogP) is 5.58. The number of ether oxygens (including phenoxy) is 3. The summed E-state index contributed by atoms with van der Waals surface area (Å²) in [4.78, 5) is 41.4. The van der Waals surface area contributed by atoms with Crippen LogP contribution in [0.4, 0.5) is 10.5 Å². The van der Waals surface area contributed by atoms with Crippen LogP contribution in [0.25, 0.3) is 0 Å². The Morgan fingerprint density at radius 1 is 0.829 bits per heavy atom. The summed E-state index contributed by atoms with van der Waals surface area (Å²) in [6, 6.07) is 26.7. The Labute approximate surface area is 241 Å². The van der Waals surface area contributed by atoms with Crippen LogP contribution < -0.4 is 24.8 Å². The minimum Gasteiger partial charge on any atom is -0.497 e. The van der Waals surface area contributed by atoms with Gasteiger partial charge in [0.25, 0.3) is 5.91 Å². The summed E-state index contributed by atoms with van der Waals surface area (Å²) in [5, 5.41) is 5.92. The zero-order valence-corrected chi connectivity index (χ0v) is 23.0. The van der Waals surface area contributed by atoms with E-state index in [1.165, 1.54) is 20.3 Å². The van der Waals surface area contributed by atoms with E-state index in [0.717, 1.165) is 4.90 Å².